The van der Waals surface area contributed by atoms with Crippen molar-refractivity contribution < 1.29 is 17.6 Å². The number of hydrogen-bond acceptors (Lipinski definition) is 3. The van der Waals surface area contributed by atoms with Crippen molar-refractivity contribution in [3.8, 4) is 0 Å². The van der Waals surface area contributed by atoms with E-state index in [-0.39, 0.29) is 17.7 Å². The minimum Gasteiger partial charge on any atom is -0.297 e. The highest BCUT2D eigenvalue weighted by Crippen LogP contribution is 2.17. The van der Waals surface area contributed by atoms with Gasteiger partial charge < -0.3 is 0 Å². The zero-order valence-corrected chi connectivity index (χ0v) is 10.2. The molecule has 0 aliphatic carbocycles. The van der Waals surface area contributed by atoms with Crippen LogP contribution in [-0.4, -0.2) is 20.4 Å². The van der Waals surface area contributed by atoms with Crippen LogP contribution in [0.4, 0.5) is 4.39 Å². The summed E-state index contributed by atoms with van der Waals surface area (Å²) in [4.78, 5) is 10.7. The lowest BCUT2D eigenvalue weighted by Gasteiger charge is -2.08. The number of rotatable bonds is 5. The van der Waals surface area contributed by atoms with E-state index in [2.05, 4.69) is 0 Å². The molecular weight excluding hydrogens is 245 g/mol. The number of benzene rings is 1. The fourth-order valence-electron chi connectivity index (χ4n) is 1.47. The standard InChI is InChI=1S/C11H14FNO3S/c1-8(14)10(12)7-6-9-4-2-3-5-11(9)17(13,15)16/h2-5,10H,6-7H2,1H3,(H2,13,15,16). The van der Waals surface area contributed by atoms with Crippen LogP contribution in [0, 0.1) is 0 Å². The van der Waals surface area contributed by atoms with E-state index >= 15 is 0 Å². The lowest BCUT2D eigenvalue weighted by molar-refractivity contribution is -0.121. The summed E-state index contributed by atoms with van der Waals surface area (Å²) in [6.45, 7) is 1.16. The summed E-state index contributed by atoms with van der Waals surface area (Å²) in [5.74, 6) is -0.557. The fourth-order valence-corrected chi connectivity index (χ4v) is 2.28. The molecule has 4 nitrogen and oxygen atoms in total. The zero-order chi connectivity index (χ0) is 13.1. The molecule has 0 amide bonds. The van der Waals surface area contributed by atoms with Gasteiger partial charge in [0.05, 0.1) is 4.90 Å². The van der Waals surface area contributed by atoms with Crippen LogP contribution in [0.5, 0.6) is 0 Å². The average Bonchev–Trinajstić information content (AvgIpc) is 2.24. The molecule has 17 heavy (non-hydrogen) atoms. The third-order valence-corrected chi connectivity index (χ3v) is 3.40. The SMILES string of the molecule is CC(=O)C(F)CCc1ccccc1S(N)(=O)=O. The molecule has 1 rings (SSSR count). The number of halogens is 1. The lowest BCUT2D eigenvalue weighted by Crippen LogP contribution is -2.16. The first-order valence-corrected chi connectivity index (χ1v) is 6.62. The van der Waals surface area contributed by atoms with Crippen molar-refractivity contribution >= 4 is 15.8 Å². The second-order valence-corrected chi connectivity index (χ2v) is 5.30. The highest BCUT2D eigenvalue weighted by atomic mass is 32.2. The molecule has 0 saturated heterocycles. The molecule has 2 N–H and O–H groups in total. The summed E-state index contributed by atoms with van der Waals surface area (Å²) in [6.07, 6.45) is -1.45. The van der Waals surface area contributed by atoms with Crippen molar-refractivity contribution in [2.75, 3.05) is 0 Å². The van der Waals surface area contributed by atoms with Gasteiger partial charge in [-0.05, 0) is 31.4 Å². The molecule has 94 valence electrons. The number of carbonyl (C=O) groups excluding carboxylic acids is 1. The number of carbonyl (C=O) groups is 1. The number of aryl methyl sites for hydroxylation is 1. The van der Waals surface area contributed by atoms with Crippen molar-refractivity contribution in [3.63, 3.8) is 0 Å². The number of alkyl halides is 1. The largest absolute Gasteiger partial charge is 0.297 e. The maximum Gasteiger partial charge on any atom is 0.238 e. The van der Waals surface area contributed by atoms with Gasteiger partial charge in [-0.15, -0.1) is 0 Å². The molecule has 1 unspecified atom stereocenters. The number of sulfonamides is 1. The van der Waals surface area contributed by atoms with Gasteiger partial charge in [0, 0.05) is 0 Å². The second-order valence-electron chi connectivity index (χ2n) is 3.77. The van der Waals surface area contributed by atoms with Crippen molar-refractivity contribution in [1.29, 1.82) is 0 Å². The van der Waals surface area contributed by atoms with Gasteiger partial charge in [-0.2, -0.15) is 0 Å². The smallest absolute Gasteiger partial charge is 0.238 e. The molecule has 1 aromatic carbocycles. The third-order valence-electron chi connectivity index (χ3n) is 2.39. The maximum atomic E-state index is 13.1. The fraction of sp³-hybridized carbons (Fsp3) is 0.364. The summed E-state index contributed by atoms with van der Waals surface area (Å²) in [6, 6.07) is 6.12. The van der Waals surface area contributed by atoms with E-state index in [0.29, 0.717) is 5.56 Å². The van der Waals surface area contributed by atoms with E-state index in [1.54, 1.807) is 18.2 Å². The van der Waals surface area contributed by atoms with Gasteiger partial charge in [0.2, 0.25) is 10.0 Å². The van der Waals surface area contributed by atoms with Gasteiger partial charge in [-0.25, -0.2) is 17.9 Å². The summed E-state index contributed by atoms with van der Waals surface area (Å²) in [5.41, 5.74) is 0.430. The molecule has 0 aliphatic heterocycles. The quantitative estimate of drug-likeness (QED) is 0.863. The summed E-state index contributed by atoms with van der Waals surface area (Å²) in [5, 5.41) is 5.04. The highest BCUT2D eigenvalue weighted by Gasteiger charge is 2.16. The average molecular weight is 259 g/mol. The molecule has 0 saturated carbocycles. The van der Waals surface area contributed by atoms with E-state index < -0.39 is 22.0 Å². The topological polar surface area (TPSA) is 77.2 Å². The molecule has 0 aromatic heterocycles. The number of nitrogens with two attached hydrogens (primary N) is 1. The van der Waals surface area contributed by atoms with E-state index in [9.17, 15) is 17.6 Å². The van der Waals surface area contributed by atoms with Crippen LogP contribution in [-0.2, 0) is 21.2 Å². The van der Waals surface area contributed by atoms with Gasteiger partial charge in [0.15, 0.2) is 12.0 Å². The Labute approximate surface area is 99.7 Å². The molecular formula is C11H14FNO3S. The van der Waals surface area contributed by atoms with Crippen molar-refractivity contribution in [2.24, 2.45) is 5.14 Å². The monoisotopic (exact) mass is 259 g/mol. The van der Waals surface area contributed by atoms with Crippen molar-refractivity contribution in [1.82, 2.24) is 0 Å². The van der Waals surface area contributed by atoms with Crippen LogP contribution in [0.3, 0.4) is 0 Å². The van der Waals surface area contributed by atoms with E-state index in [1.807, 2.05) is 0 Å². The number of primary sulfonamides is 1. The van der Waals surface area contributed by atoms with Gasteiger partial charge in [0.1, 0.15) is 0 Å². The maximum absolute atomic E-state index is 13.1. The molecule has 0 heterocycles. The molecule has 1 atom stereocenters. The third kappa shape index (κ3) is 3.90. The number of Topliss-reactive ketones (excluding diaryl/α,β-unsaturated/α-hetero) is 1. The molecule has 0 radical (unpaired) electrons. The number of ketones is 1. The van der Waals surface area contributed by atoms with Crippen molar-refractivity contribution in [3.05, 3.63) is 29.8 Å². The summed E-state index contributed by atoms with van der Waals surface area (Å²) in [7, 11) is -3.81. The second kappa shape index (κ2) is 5.37. The number of hydrogen-bond donors (Lipinski definition) is 1. The minimum absolute atomic E-state index is 0.0178. The minimum atomic E-state index is -3.81. The Hall–Kier alpha value is -1.27. The molecule has 0 bridgehead atoms. The molecule has 6 heteroatoms. The van der Waals surface area contributed by atoms with Crippen LogP contribution in [0.25, 0.3) is 0 Å². The Morgan fingerprint density at radius 3 is 2.53 bits per heavy atom. The first-order chi connectivity index (χ1) is 7.82. The molecule has 0 aliphatic rings. The zero-order valence-electron chi connectivity index (χ0n) is 9.39. The molecule has 0 fully saturated rings. The normalized spacial score (nSPS) is 13.4. The van der Waals surface area contributed by atoms with Crippen LogP contribution >= 0.6 is 0 Å². The van der Waals surface area contributed by atoms with Crippen molar-refractivity contribution in [2.45, 2.75) is 30.8 Å². The van der Waals surface area contributed by atoms with E-state index in [1.165, 1.54) is 6.07 Å². The Balaban J connectivity index is 2.89. The Morgan fingerprint density at radius 2 is 2.00 bits per heavy atom. The van der Waals surface area contributed by atoms with Crippen LogP contribution in [0.15, 0.2) is 29.2 Å². The first-order valence-electron chi connectivity index (χ1n) is 5.07. The van der Waals surface area contributed by atoms with Gasteiger partial charge in [-0.3, -0.25) is 4.79 Å². The highest BCUT2D eigenvalue weighted by molar-refractivity contribution is 7.89. The predicted molar refractivity (Wildman–Crippen MR) is 61.7 cm³/mol. The van der Waals surface area contributed by atoms with Crippen LogP contribution < -0.4 is 5.14 Å². The first kappa shape index (κ1) is 13.8. The van der Waals surface area contributed by atoms with Gasteiger partial charge in [-0.1, -0.05) is 18.2 Å². The molecule has 0 spiro atoms. The van der Waals surface area contributed by atoms with Gasteiger partial charge >= 0.3 is 0 Å². The van der Waals surface area contributed by atoms with Crippen LogP contribution in [0.2, 0.25) is 0 Å². The summed E-state index contributed by atoms with van der Waals surface area (Å²) < 4.78 is 35.6. The van der Waals surface area contributed by atoms with E-state index in [4.69, 9.17) is 5.14 Å². The predicted octanol–water partition coefficient (Wildman–Crippen LogP) is 1.19. The van der Waals surface area contributed by atoms with Crippen LogP contribution in [0.1, 0.15) is 18.9 Å². The Bertz CT molecular complexity index is 513. The molecule has 1 aromatic rings. The Morgan fingerprint density at radius 1 is 1.41 bits per heavy atom. The Kier molecular flexibility index (Phi) is 4.36. The lowest BCUT2D eigenvalue weighted by atomic mass is 10.1. The summed E-state index contributed by atoms with van der Waals surface area (Å²) >= 11 is 0. The van der Waals surface area contributed by atoms with E-state index in [0.717, 1.165) is 6.92 Å². The van der Waals surface area contributed by atoms with Gasteiger partial charge in [0.25, 0.3) is 0 Å².